The Kier molecular flexibility index (Phi) is 6.63. The summed E-state index contributed by atoms with van der Waals surface area (Å²) in [4.78, 5) is 29.3. The lowest BCUT2D eigenvalue weighted by Crippen LogP contribution is -2.40. The Labute approximate surface area is 190 Å². The number of fused-ring (bicyclic) bond motifs is 1. The monoisotopic (exact) mass is 439 g/mol. The lowest BCUT2D eigenvalue weighted by molar-refractivity contribution is -0.131. The highest BCUT2D eigenvalue weighted by Crippen LogP contribution is 2.31. The van der Waals surface area contributed by atoms with Crippen molar-refractivity contribution >= 4 is 17.7 Å². The quantitative estimate of drug-likeness (QED) is 0.709. The van der Waals surface area contributed by atoms with Gasteiger partial charge in [-0.2, -0.15) is 4.98 Å². The van der Waals surface area contributed by atoms with Crippen LogP contribution >= 0.6 is 0 Å². The topological polar surface area (TPSA) is 52.6 Å². The van der Waals surface area contributed by atoms with Gasteiger partial charge in [0, 0.05) is 44.7 Å². The molecule has 32 heavy (non-hydrogen) atoms. The molecule has 172 valence electrons. The molecule has 0 N–H and O–H groups in total. The molecule has 1 amide bonds. The van der Waals surface area contributed by atoms with Crippen LogP contribution in [0.5, 0.6) is 0 Å². The van der Waals surface area contributed by atoms with Crippen molar-refractivity contribution < 1.29 is 9.18 Å². The molecule has 0 atom stereocenters. The van der Waals surface area contributed by atoms with Gasteiger partial charge in [0.1, 0.15) is 11.6 Å². The summed E-state index contributed by atoms with van der Waals surface area (Å²) in [5.41, 5.74) is 2.93. The first-order chi connectivity index (χ1) is 15.3. The van der Waals surface area contributed by atoms with Crippen molar-refractivity contribution in [2.45, 2.75) is 59.0 Å². The molecule has 0 radical (unpaired) electrons. The van der Waals surface area contributed by atoms with Gasteiger partial charge in [0.05, 0.1) is 18.7 Å². The summed E-state index contributed by atoms with van der Waals surface area (Å²) < 4.78 is 13.2. The molecule has 0 aliphatic carbocycles. The summed E-state index contributed by atoms with van der Waals surface area (Å²) in [6.07, 6.45) is 3.34. The molecule has 3 heterocycles. The summed E-state index contributed by atoms with van der Waals surface area (Å²) in [5, 5.41) is 0. The second-order valence-corrected chi connectivity index (χ2v) is 9.52. The maximum absolute atomic E-state index is 13.2. The number of nitrogens with zero attached hydrogens (tertiary/aromatic N) is 5. The normalized spacial score (nSPS) is 16.9. The molecule has 1 aromatic heterocycles. The van der Waals surface area contributed by atoms with E-state index in [4.69, 9.17) is 9.97 Å². The molecule has 1 aromatic carbocycles. The maximum Gasteiger partial charge on any atom is 0.227 e. The molecule has 0 spiro atoms. The van der Waals surface area contributed by atoms with Gasteiger partial charge in [-0.25, -0.2) is 9.37 Å². The molecule has 2 aliphatic rings. The number of hydrogen-bond acceptors (Lipinski definition) is 5. The molecule has 2 aromatic rings. The fourth-order valence-electron chi connectivity index (χ4n) is 4.37. The van der Waals surface area contributed by atoms with E-state index in [1.165, 1.54) is 25.0 Å². The summed E-state index contributed by atoms with van der Waals surface area (Å²) in [6, 6.07) is 6.45. The van der Waals surface area contributed by atoms with Gasteiger partial charge in [0.2, 0.25) is 11.9 Å². The number of piperidine rings is 1. The number of halogens is 1. The number of aromatic nitrogens is 2. The van der Waals surface area contributed by atoms with Crippen LogP contribution in [0.15, 0.2) is 24.3 Å². The summed E-state index contributed by atoms with van der Waals surface area (Å²) >= 11 is 0. The summed E-state index contributed by atoms with van der Waals surface area (Å²) in [5.74, 6) is 2.27. The van der Waals surface area contributed by atoms with Crippen molar-refractivity contribution in [1.29, 1.82) is 0 Å². The summed E-state index contributed by atoms with van der Waals surface area (Å²) in [7, 11) is 2.06. The highest BCUT2D eigenvalue weighted by atomic mass is 19.1. The van der Waals surface area contributed by atoms with Gasteiger partial charge in [-0.15, -0.1) is 0 Å². The first-order valence-corrected chi connectivity index (χ1v) is 11.7. The van der Waals surface area contributed by atoms with Gasteiger partial charge in [0.15, 0.2) is 0 Å². The zero-order valence-electron chi connectivity index (χ0n) is 19.6. The number of rotatable bonds is 5. The van der Waals surface area contributed by atoms with Crippen molar-refractivity contribution in [2.24, 2.45) is 5.92 Å². The van der Waals surface area contributed by atoms with Crippen molar-refractivity contribution in [3.8, 4) is 0 Å². The molecule has 1 fully saturated rings. The van der Waals surface area contributed by atoms with Crippen LogP contribution in [0.3, 0.4) is 0 Å². The van der Waals surface area contributed by atoms with Crippen LogP contribution in [0, 0.1) is 11.7 Å². The van der Waals surface area contributed by atoms with E-state index in [9.17, 15) is 9.18 Å². The third-order valence-electron chi connectivity index (χ3n) is 6.82. The minimum absolute atomic E-state index is 0.0505. The van der Waals surface area contributed by atoms with Crippen LogP contribution in [-0.4, -0.2) is 53.5 Å². The van der Waals surface area contributed by atoms with Crippen molar-refractivity contribution in [1.82, 2.24) is 14.9 Å². The minimum Gasteiger partial charge on any atom is -0.357 e. The predicted molar refractivity (Wildman–Crippen MR) is 125 cm³/mol. The highest BCUT2D eigenvalue weighted by molar-refractivity contribution is 5.79. The minimum atomic E-state index is -0.287. The van der Waals surface area contributed by atoms with Gasteiger partial charge in [-0.1, -0.05) is 19.1 Å². The van der Waals surface area contributed by atoms with Gasteiger partial charge < -0.3 is 14.7 Å². The second kappa shape index (κ2) is 9.43. The van der Waals surface area contributed by atoms with Crippen LogP contribution in [-0.2, 0) is 24.2 Å². The number of anilines is 2. The van der Waals surface area contributed by atoms with E-state index in [2.05, 4.69) is 37.6 Å². The van der Waals surface area contributed by atoms with Crippen LogP contribution in [0.1, 0.15) is 50.4 Å². The van der Waals surface area contributed by atoms with E-state index < -0.39 is 0 Å². The predicted octanol–water partition coefficient (Wildman–Crippen LogP) is 3.82. The van der Waals surface area contributed by atoms with Crippen LogP contribution in [0.25, 0.3) is 0 Å². The van der Waals surface area contributed by atoms with E-state index in [0.717, 1.165) is 54.0 Å². The Morgan fingerprint density at radius 2 is 1.84 bits per heavy atom. The number of hydrogen-bond donors (Lipinski definition) is 0. The first kappa shape index (κ1) is 22.5. The van der Waals surface area contributed by atoms with Crippen molar-refractivity contribution in [2.75, 3.05) is 36.5 Å². The Morgan fingerprint density at radius 1 is 1.16 bits per heavy atom. The largest absolute Gasteiger partial charge is 0.357 e. The standard InChI is InChI=1S/C25H34FN5O/c1-17(2)29(4)24-21-16-31(23(32)15-19-5-7-20(26)8-6-19)14-11-22(21)27-25(28-24)30-12-9-18(3)10-13-30/h5-8,17-18H,9-16H2,1-4H3. The molecule has 0 bridgehead atoms. The Bertz CT molecular complexity index is 954. The number of amides is 1. The van der Waals surface area contributed by atoms with E-state index >= 15 is 0 Å². The lowest BCUT2D eigenvalue weighted by atomic mass is 9.99. The molecule has 1 saturated heterocycles. The smallest absolute Gasteiger partial charge is 0.227 e. The van der Waals surface area contributed by atoms with Gasteiger partial charge in [-0.05, 0) is 50.3 Å². The van der Waals surface area contributed by atoms with Crippen LogP contribution in [0.2, 0.25) is 0 Å². The molecule has 2 aliphatic heterocycles. The van der Waals surface area contributed by atoms with E-state index in [-0.39, 0.29) is 24.2 Å². The SMILES string of the molecule is CC1CCN(c2nc3c(c(N(C)C(C)C)n2)CN(C(=O)Cc2ccc(F)cc2)CC3)CC1. The number of carbonyl (C=O) groups excluding carboxylic acids is 1. The van der Waals surface area contributed by atoms with Crippen molar-refractivity contribution in [3.63, 3.8) is 0 Å². The van der Waals surface area contributed by atoms with Crippen LogP contribution in [0.4, 0.5) is 16.2 Å². The molecular weight excluding hydrogens is 405 g/mol. The zero-order valence-corrected chi connectivity index (χ0v) is 19.6. The molecule has 6 nitrogen and oxygen atoms in total. The summed E-state index contributed by atoms with van der Waals surface area (Å²) in [6.45, 7) is 9.75. The molecule has 0 saturated carbocycles. The number of carbonyl (C=O) groups is 1. The average Bonchev–Trinajstić information content (AvgIpc) is 2.79. The van der Waals surface area contributed by atoms with Gasteiger partial charge in [0.25, 0.3) is 0 Å². The van der Waals surface area contributed by atoms with E-state index in [1.807, 2.05) is 4.90 Å². The van der Waals surface area contributed by atoms with Gasteiger partial charge in [-0.3, -0.25) is 4.79 Å². The Balaban J connectivity index is 1.58. The first-order valence-electron chi connectivity index (χ1n) is 11.7. The average molecular weight is 440 g/mol. The maximum atomic E-state index is 13.2. The fourth-order valence-corrected chi connectivity index (χ4v) is 4.37. The zero-order chi connectivity index (χ0) is 22.8. The molecule has 7 heteroatoms. The molecule has 4 rings (SSSR count). The van der Waals surface area contributed by atoms with E-state index in [1.54, 1.807) is 12.1 Å². The van der Waals surface area contributed by atoms with Crippen LogP contribution < -0.4 is 9.80 Å². The Hall–Kier alpha value is -2.70. The Morgan fingerprint density at radius 3 is 2.50 bits per heavy atom. The third kappa shape index (κ3) is 4.87. The van der Waals surface area contributed by atoms with Gasteiger partial charge >= 0.3 is 0 Å². The molecule has 0 unspecified atom stereocenters. The fraction of sp³-hybridized carbons (Fsp3) is 0.560. The second-order valence-electron chi connectivity index (χ2n) is 9.52. The highest BCUT2D eigenvalue weighted by Gasteiger charge is 2.29. The lowest BCUT2D eigenvalue weighted by Gasteiger charge is -2.35. The third-order valence-corrected chi connectivity index (χ3v) is 6.82. The van der Waals surface area contributed by atoms with E-state index in [0.29, 0.717) is 13.1 Å². The molecular formula is C25H34FN5O. The number of benzene rings is 1. The van der Waals surface area contributed by atoms with Crippen molar-refractivity contribution in [3.05, 3.63) is 46.9 Å².